The van der Waals surface area contributed by atoms with E-state index in [4.69, 9.17) is 15.0 Å². The van der Waals surface area contributed by atoms with Gasteiger partial charge in [0.2, 0.25) is 0 Å². The van der Waals surface area contributed by atoms with E-state index in [0.29, 0.717) is 17.9 Å². The van der Waals surface area contributed by atoms with Crippen LogP contribution < -0.4 is 5.73 Å². The first kappa shape index (κ1) is 15.1. The second kappa shape index (κ2) is 6.12. The fourth-order valence-corrected chi connectivity index (χ4v) is 2.62. The Balaban J connectivity index is 1.89. The van der Waals surface area contributed by atoms with Crippen LogP contribution in [0.1, 0.15) is 18.2 Å². The summed E-state index contributed by atoms with van der Waals surface area (Å²) < 4.78 is 10.3. The van der Waals surface area contributed by atoms with Crippen molar-refractivity contribution in [2.24, 2.45) is 0 Å². The number of carbonyl (C=O) groups is 1. The molecule has 0 spiro atoms. The molecule has 0 fully saturated rings. The Morgan fingerprint density at radius 3 is 2.65 bits per heavy atom. The summed E-state index contributed by atoms with van der Waals surface area (Å²) in [5.41, 5.74) is 11.1. The minimum atomic E-state index is -0.219. The van der Waals surface area contributed by atoms with E-state index < -0.39 is 0 Å². The molecule has 23 heavy (non-hydrogen) atoms. The fourth-order valence-electron chi connectivity index (χ4n) is 2.62. The van der Waals surface area contributed by atoms with Crippen molar-refractivity contribution in [3.8, 4) is 11.1 Å². The van der Waals surface area contributed by atoms with Crippen molar-refractivity contribution in [1.82, 2.24) is 5.16 Å². The van der Waals surface area contributed by atoms with Gasteiger partial charge in [-0.15, -0.1) is 0 Å². The third kappa shape index (κ3) is 3.04. The van der Waals surface area contributed by atoms with Crippen LogP contribution in [0.4, 0.5) is 5.69 Å². The van der Waals surface area contributed by atoms with Crippen LogP contribution in [-0.4, -0.2) is 17.7 Å². The van der Waals surface area contributed by atoms with Crippen LogP contribution in [0.15, 0.2) is 40.9 Å². The number of carbonyl (C=O) groups excluding carboxylic acids is 1. The minimum absolute atomic E-state index is 0.219. The lowest BCUT2D eigenvalue weighted by Crippen LogP contribution is -2.07. The molecule has 0 unspecified atom stereocenters. The van der Waals surface area contributed by atoms with Crippen LogP contribution in [0.25, 0.3) is 22.1 Å². The van der Waals surface area contributed by atoms with E-state index in [2.05, 4.69) is 5.16 Å². The first-order chi connectivity index (χ1) is 11.1. The van der Waals surface area contributed by atoms with E-state index in [0.717, 1.165) is 27.8 Å². The van der Waals surface area contributed by atoms with Crippen LogP contribution in [-0.2, 0) is 16.0 Å². The second-order valence-electron chi connectivity index (χ2n) is 5.39. The Hall–Kier alpha value is -2.82. The summed E-state index contributed by atoms with van der Waals surface area (Å²) in [5.74, 6) is -0.219. The van der Waals surface area contributed by atoms with Crippen molar-refractivity contribution in [1.29, 1.82) is 0 Å². The maximum absolute atomic E-state index is 11.5. The van der Waals surface area contributed by atoms with E-state index in [1.165, 1.54) is 0 Å². The van der Waals surface area contributed by atoms with E-state index in [1.807, 2.05) is 43.3 Å². The predicted molar refractivity (Wildman–Crippen MR) is 88.9 cm³/mol. The van der Waals surface area contributed by atoms with E-state index in [-0.39, 0.29) is 12.4 Å². The number of ether oxygens (including phenoxy) is 1. The SMILES string of the molecule is CCOC(=O)Cc1ccc(-c2cc(N)c3c(C)noc3c2)cc1. The van der Waals surface area contributed by atoms with E-state index in [9.17, 15) is 4.79 Å². The first-order valence-corrected chi connectivity index (χ1v) is 7.49. The molecule has 2 aromatic carbocycles. The largest absolute Gasteiger partial charge is 0.466 e. The van der Waals surface area contributed by atoms with Gasteiger partial charge in [-0.2, -0.15) is 0 Å². The average Bonchev–Trinajstić information content (AvgIpc) is 2.90. The zero-order chi connectivity index (χ0) is 16.4. The number of aromatic nitrogens is 1. The monoisotopic (exact) mass is 310 g/mol. The Morgan fingerprint density at radius 2 is 1.96 bits per heavy atom. The lowest BCUT2D eigenvalue weighted by molar-refractivity contribution is -0.142. The van der Waals surface area contributed by atoms with Crippen molar-refractivity contribution >= 4 is 22.6 Å². The summed E-state index contributed by atoms with van der Waals surface area (Å²) in [4.78, 5) is 11.5. The molecule has 1 heterocycles. The summed E-state index contributed by atoms with van der Waals surface area (Å²) in [6.07, 6.45) is 0.274. The molecule has 0 aliphatic heterocycles. The van der Waals surface area contributed by atoms with Crippen molar-refractivity contribution in [2.75, 3.05) is 12.3 Å². The summed E-state index contributed by atoms with van der Waals surface area (Å²) in [7, 11) is 0. The number of esters is 1. The van der Waals surface area contributed by atoms with Crippen LogP contribution in [0.2, 0.25) is 0 Å². The third-order valence-electron chi connectivity index (χ3n) is 3.72. The molecule has 0 aliphatic carbocycles. The number of fused-ring (bicyclic) bond motifs is 1. The highest BCUT2D eigenvalue weighted by Gasteiger charge is 2.11. The molecular weight excluding hydrogens is 292 g/mol. The molecular formula is C18H18N2O3. The summed E-state index contributed by atoms with van der Waals surface area (Å²) in [6.45, 7) is 4.06. The van der Waals surface area contributed by atoms with Gasteiger partial charge in [0.15, 0.2) is 5.58 Å². The lowest BCUT2D eigenvalue weighted by atomic mass is 10.0. The van der Waals surface area contributed by atoms with Crippen LogP contribution in [0, 0.1) is 6.92 Å². The number of rotatable bonds is 4. The van der Waals surface area contributed by atoms with Gasteiger partial charge in [0.25, 0.3) is 0 Å². The normalized spacial score (nSPS) is 10.9. The summed E-state index contributed by atoms with van der Waals surface area (Å²) in [5, 5.41) is 4.80. The number of hydrogen-bond donors (Lipinski definition) is 1. The fraction of sp³-hybridized carbons (Fsp3) is 0.222. The van der Waals surface area contributed by atoms with Crippen molar-refractivity contribution in [3.63, 3.8) is 0 Å². The van der Waals surface area contributed by atoms with Crippen LogP contribution in [0.5, 0.6) is 0 Å². The molecule has 0 amide bonds. The van der Waals surface area contributed by atoms with Crippen LogP contribution in [0.3, 0.4) is 0 Å². The molecule has 0 saturated heterocycles. The Bertz CT molecular complexity index is 851. The number of nitrogen functional groups attached to an aromatic ring is 1. The average molecular weight is 310 g/mol. The zero-order valence-electron chi connectivity index (χ0n) is 13.1. The molecule has 0 aliphatic rings. The molecule has 5 nitrogen and oxygen atoms in total. The zero-order valence-corrected chi connectivity index (χ0v) is 13.1. The van der Waals surface area contributed by atoms with Gasteiger partial charge >= 0.3 is 5.97 Å². The van der Waals surface area contributed by atoms with Gasteiger partial charge < -0.3 is 15.0 Å². The predicted octanol–water partition coefficient (Wildman–Crippen LogP) is 3.49. The van der Waals surface area contributed by atoms with Gasteiger partial charge in [-0.1, -0.05) is 29.4 Å². The van der Waals surface area contributed by atoms with E-state index in [1.54, 1.807) is 6.92 Å². The Kier molecular flexibility index (Phi) is 4.02. The van der Waals surface area contributed by atoms with Crippen molar-refractivity contribution in [2.45, 2.75) is 20.3 Å². The maximum atomic E-state index is 11.5. The highest BCUT2D eigenvalue weighted by Crippen LogP contribution is 2.31. The molecule has 1 aromatic heterocycles. The Labute approximate surface area is 134 Å². The molecule has 3 aromatic rings. The lowest BCUT2D eigenvalue weighted by Gasteiger charge is -2.06. The van der Waals surface area contributed by atoms with Gasteiger partial charge in [-0.3, -0.25) is 4.79 Å². The number of hydrogen-bond acceptors (Lipinski definition) is 5. The molecule has 2 N–H and O–H groups in total. The summed E-state index contributed by atoms with van der Waals surface area (Å²) >= 11 is 0. The van der Waals surface area contributed by atoms with E-state index >= 15 is 0 Å². The van der Waals surface area contributed by atoms with Gasteiger partial charge in [0.05, 0.1) is 24.1 Å². The first-order valence-electron chi connectivity index (χ1n) is 7.49. The molecule has 5 heteroatoms. The number of aryl methyl sites for hydroxylation is 1. The number of nitrogens with two attached hydrogens (primary N) is 1. The maximum Gasteiger partial charge on any atom is 0.310 e. The van der Waals surface area contributed by atoms with Crippen molar-refractivity contribution < 1.29 is 14.1 Å². The second-order valence-corrected chi connectivity index (χ2v) is 5.39. The standard InChI is InChI=1S/C18H18N2O3/c1-3-22-17(21)8-12-4-6-13(7-5-12)14-9-15(19)18-11(2)20-23-16(18)10-14/h4-7,9-10H,3,8,19H2,1-2H3. The van der Waals surface area contributed by atoms with Gasteiger partial charge in [-0.25, -0.2) is 0 Å². The van der Waals surface area contributed by atoms with Crippen molar-refractivity contribution in [3.05, 3.63) is 47.7 Å². The number of benzene rings is 2. The van der Waals surface area contributed by atoms with Crippen LogP contribution >= 0.6 is 0 Å². The quantitative estimate of drug-likeness (QED) is 0.589. The highest BCUT2D eigenvalue weighted by molar-refractivity contribution is 5.95. The molecule has 0 radical (unpaired) electrons. The highest BCUT2D eigenvalue weighted by atomic mass is 16.5. The molecule has 3 rings (SSSR count). The summed E-state index contributed by atoms with van der Waals surface area (Å²) in [6, 6.07) is 11.6. The topological polar surface area (TPSA) is 78.4 Å². The molecule has 0 saturated carbocycles. The molecule has 0 bridgehead atoms. The van der Waals surface area contributed by atoms with Gasteiger partial charge in [0, 0.05) is 5.69 Å². The number of nitrogens with zero attached hydrogens (tertiary/aromatic N) is 1. The van der Waals surface area contributed by atoms with Gasteiger partial charge in [0.1, 0.15) is 0 Å². The molecule has 0 atom stereocenters. The third-order valence-corrected chi connectivity index (χ3v) is 3.72. The van der Waals surface area contributed by atoms with Gasteiger partial charge in [-0.05, 0) is 42.7 Å². The molecule has 118 valence electrons. The smallest absolute Gasteiger partial charge is 0.310 e. The minimum Gasteiger partial charge on any atom is -0.466 e. The number of anilines is 1. The Morgan fingerprint density at radius 1 is 1.22 bits per heavy atom.